The summed E-state index contributed by atoms with van der Waals surface area (Å²) in [6.07, 6.45) is 14.3. The third kappa shape index (κ3) is 32.7. The second kappa shape index (κ2) is 55.6. The minimum Gasteiger partial charge on any atom is -0.537 e. The molecule has 7 aliphatic rings. The highest BCUT2D eigenvalue weighted by molar-refractivity contribution is 7.87. The lowest BCUT2D eigenvalue weighted by Crippen LogP contribution is -2.32. The van der Waals surface area contributed by atoms with Gasteiger partial charge in [0.1, 0.15) is 17.3 Å². The van der Waals surface area contributed by atoms with Crippen molar-refractivity contribution in [3.63, 3.8) is 0 Å². The van der Waals surface area contributed by atoms with Crippen LogP contribution in [-0.2, 0) is 30.3 Å². The summed E-state index contributed by atoms with van der Waals surface area (Å²) in [5.41, 5.74) is 4.30. The van der Waals surface area contributed by atoms with Gasteiger partial charge in [0.05, 0.1) is 97.2 Å². The lowest BCUT2D eigenvalue weighted by atomic mass is 9.99. The number of aromatic carboxylic acids is 1. The first kappa shape index (κ1) is 116. The van der Waals surface area contributed by atoms with E-state index in [1.54, 1.807) is 72.1 Å². The molecule has 769 valence electrons. The van der Waals surface area contributed by atoms with Gasteiger partial charge in [0.2, 0.25) is 17.1 Å². The number of benzene rings is 8. The quantitative estimate of drug-likeness (QED) is 0.0168. The largest absolute Gasteiger partial charge is 0.569 e. The van der Waals surface area contributed by atoms with E-state index in [1.807, 2.05) is 103 Å². The van der Waals surface area contributed by atoms with Crippen molar-refractivity contribution in [2.24, 2.45) is 0 Å². The fourth-order valence-electron chi connectivity index (χ4n) is 15.8. The molecule has 8 heterocycles. The van der Waals surface area contributed by atoms with Gasteiger partial charge in [-0.2, -0.15) is 32.0 Å². The van der Waals surface area contributed by atoms with Gasteiger partial charge in [-0.3, -0.25) is 14.4 Å². The monoisotopic (exact) mass is 2280 g/mol. The van der Waals surface area contributed by atoms with Crippen molar-refractivity contribution >= 4 is 227 Å². The molecule has 8 aromatic carbocycles. The number of H-pyrrole nitrogens is 2. The maximum Gasteiger partial charge on any atom is 0.569 e. The first-order chi connectivity index (χ1) is 69.3. The summed E-state index contributed by atoms with van der Waals surface area (Å²) in [5, 5.41) is 58.7. The number of halogens is 17. The number of nitrogens with zero attached hydrogens (tertiary/aromatic N) is 10. The summed E-state index contributed by atoms with van der Waals surface area (Å²) < 4.78 is 81.2. The fourth-order valence-corrected chi connectivity index (χ4v) is 18.4. The highest BCUT2D eigenvalue weighted by Gasteiger charge is 2.49. The second-order valence-corrected chi connectivity index (χ2v) is 40.0. The first-order valence-electron chi connectivity index (χ1n) is 44.9. The van der Waals surface area contributed by atoms with Gasteiger partial charge < -0.3 is 58.5 Å². The molecule has 4 unspecified atom stereocenters. The van der Waals surface area contributed by atoms with Crippen LogP contribution >= 0.6 is 162 Å². The summed E-state index contributed by atoms with van der Waals surface area (Å²) >= 11 is 82.7. The minimum atomic E-state index is -5.45. The van der Waals surface area contributed by atoms with Gasteiger partial charge in [-0.25, -0.2) is 19.1 Å². The van der Waals surface area contributed by atoms with Crippen LogP contribution in [0.4, 0.5) is 13.2 Å². The van der Waals surface area contributed by atoms with Gasteiger partial charge >= 0.3 is 41.2 Å². The first-order valence-corrected chi connectivity index (χ1v) is 51.6. The summed E-state index contributed by atoms with van der Waals surface area (Å²) in [4.78, 5) is 79.1. The Hall–Kier alpha value is -9.64. The average Bonchev–Trinajstić information content (AvgIpc) is 1.63. The number of hydrogen-bond donors (Lipinski definition) is 6. The third-order valence-electron chi connectivity index (χ3n) is 23.2. The van der Waals surface area contributed by atoms with Crippen molar-refractivity contribution in [2.45, 2.75) is 114 Å². The van der Waals surface area contributed by atoms with Crippen LogP contribution in [0.2, 0.25) is 70.3 Å². The summed E-state index contributed by atoms with van der Waals surface area (Å²) in [5.74, 6) is -1.71. The van der Waals surface area contributed by atoms with Gasteiger partial charge in [-0.1, -0.05) is 228 Å². The maximum atomic E-state index is 13.6. The predicted octanol–water partition coefficient (Wildman–Crippen LogP) is 24.2. The number of carboxylic acids is 1. The van der Waals surface area contributed by atoms with E-state index in [9.17, 15) is 50.4 Å². The number of alkyl halides is 3. The van der Waals surface area contributed by atoms with Gasteiger partial charge in [0.25, 0.3) is 17.7 Å². The zero-order valence-electron chi connectivity index (χ0n) is 77.3. The van der Waals surface area contributed by atoms with Crippen molar-refractivity contribution < 1.29 is 83.5 Å². The highest BCUT2D eigenvalue weighted by atomic mass is 35.5. The van der Waals surface area contributed by atoms with Crippen molar-refractivity contribution in [2.75, 3.05) is 85.8 Å². The van der Waals surface area contributed by atoms with E-state index in [2.05, 4.69) is 78.8 Å². The number of nitrogens with one attached hydrogen (secondary N) is 4. The molecule has 5 aliphatic heterocycles. The predicted molar refractivity (Wildman–Crippen MR) is 558 cm³/mol. The normalized spacial score (nSPS) is 16.5. The standard InChI is InChI=1S/C24H24Cl2N4O4.C16H16Cl2N4O3.C14H12Cl2N4O3.C11H10Cl2.C10H11Cl2N.C10H9Cl2N.C6H4BCl2O2.C6H7F3O3S/c1-3-34-24(32)21-22(30(28-27-21)13-15-4-7-18(33-2)8-5-15)23(31)29-11-10-17(14-29)16-6-9-19(25)20(26)12-16;1-2-25-16(24)14-13(19-21-20-14)15(23)22-6-5-10(8-22)9-3-4-11(17)12(18)7-9;15-9-2-1-7(5-10(9)16)8-3-4-20(6-8)13(21)11-12(14(22)23)18-19-17-11;12-10-6-5-9(7-11(10)13)8-3-1-2-4-8;2*11-9-2-1-7(5-10(9)12)8-3-4-13-6-8;8-5-2-1-4(11-7-10)3-6(5)9;7-6(8,9)13(10,11)12-5-3-1-2-4-5/h4-9,12,17H,3,10-11,13-14H2,1-2H3;3-4,7,10H,2,5-6,8H2,1H3,(H,19,20,21);1-2,5,8H,3-4,6H2,(H,22,23)(H,17,18,19);3,5-7H,1-2,4H2;1-2,5,8,13H,3-4,6H2;1-3,5,13H,4,6H2;1-3,10H;3H,1-2,4H2. The minimum absolute atomic E-state index is 0.0201. The van der Waals surface area contributed by atoms with E-state index in [-0.39, 0.29) is 95.7 Å². The molecule has 2 aliphatic carbocycles. The number of carboxylic acid groups (broad SMARTS) is 1. The zero-order chi connectivity index (χ0) is 105. The lowest BCUT2D eigenvalue weighted by Gasteiger charge is -2.18. The smallest absolute Gasteiger partial charge is 0.537 e. The molecule has 11 aromatic rings. The van der Waals surface area contributed by atoms with Crippen molar-refractivity contribution in [3.8, 4) is 11.5 Å². The number of methoxy groups -OCH3 is 1. The van der Waals surface area contributed by atoms with Crippen molar-refractivity contribution in [1.82, 2.24) is 71.1 Å². The molecular formula is C97H93BCl14F3N14O15S. The molecule has 4 fully saturated rings. The number of rotatable bonds is 21. The zero-order valence-corrected chi connectivity index (χ0v) is 88.7. The number of esters is 2. The van der Waals surface area contributed by atoms with E-state index < -0.39 is 39.4 Å². The second-order valence-electron chi connectivity index (χ2n) is 32.8. The topological polar surface area (TPSA) is 371 Å². The van der Waals surface area contributed by atoms with Gasteiger partial charge in [0.15, 0.2) is 17.1 Å². The van der Waals surface area contributed by atoms with E-state index in [0.29, 0.717) is 142 Å². The SMILES string of the molecule is CCOC(=O)c1n[nH]nc1C(=O)N1CCC(c2ccc(Cl)c(Cl)c2)C1.CCOC(=O)c1nnn(Cc2ccc(OC)cc2)c1C(=O)N1CCC(c2ccc(Cl)c(Cl)c2)C1.Clc1ccc(C2=CCCC2)cc1Cl.Clc1ccc(C2=CCNC2)cc1Cl.Clc1ccc(C2CCNC2)cc1Cl.O=C(O)c1n[nH]nc1C(=O)N1CCC(c2ccc(Cl)c(Cl)c2)C1.O=S(=O)(OC1=CCCC1)C(F)(F)F.O[B]Oc1ccc(Cl)c(Cl)c1. The van der Waals surface area contributed by atoms with Crippen LogP contribution in [0.1, 0.15) is 204 Å². The fraction of sp³-hybridized carbons (Fsp3) is 0.320. The summed E-state index contributed by atoms with van der Waals surface area (Å²) in [7, 11) is -3.27. The molecule has 18 rings (SSSR count). The van der Waals surface area contributed by atoms with Crippen LogP contribution in [0, 0.1) is 0 Å². The number of ether oxygens (including phenoxy) is 3. The molecule has 3 amide bonds. The lowest BCUT2D eigenvalue weighted by molar-refractivity contribution is -0.0523. The summed E-state index contributed by atoms with van der Waals surface area (Å²) in [6.45, 7) is 11.1. The molecule has 48 heteroatoms. The molecule has 6 N–H and O–H groups in total. The Morgan fingerprint density at radius 3 is 1.30 bits per heavy atom. The number of likely N-dealkylation sites (tertiary alicyclic amines) is 3. The highest BCUT2D eigenvalue weighted by Crippen LogP contribution is 2.40. The van der Waals surface area contributed by atoms with Crippen LogP contribution in [0.25, 0.3) is 11.1 Å². The summed E-state index contributed by atoms with van der Waals surface area (Å²) in [6, 6.07) is 46.0. The molecule has 4 atom stereocenters. The average molecular weight is 2290 g/mol. The molecular weight excluding hydrogens is 2200 g/mol. The number of aromatic nitrogens is 9. The van der Waals surface area contributed by atoms with E-state index in [0.717, 1.165) is 85.4 Å². The van der Waals surface area contributed by atoms with Crippen molar-refractivity contribution in [1.29, 1.82) is 0 Å². The van der Waals surface area contributed by atoms with Gasteiger partial charge in [-0.05, 0) is 243 Å². The number of carbonyl (C=O) groups excluding carboxylic acids is 5. The van der Waals surface area contributed by atoms with Crippen molar-refractivity contribution in [3.05, 3.63) is 319 Å². The Morgan fingerprint density at radius 1 is 0.469 bits per heavy atom. The number of aromatic amines is 2. The van der Waals surface area contributed by atoms with E-state index in [4.69, 9.17) is 187 Å². The number of carbonyl (C=O) groups is 6. The van der Waals surface area contributed by atoms with Gasteiger partial charge in [0, 0.05) is 83.1 Å². The number of allylic oxidation sites excluding steroid dienone is 4. The molecule has 0 bridgehead atoms. The third-order valence-corrected chi connectivity index (χ3v) is 29.4. The Morgan fingerprint density at radius 2 is 0.890 bits per heavy atom. The van der Waals surface area contributed by atoms with Crippen LogP contribution in [0.15, 0.2) is 176 Å². The van der Waals surface area contributed by atoms with E-state index >= 15 is 0 Å². The van der Waals surface area contributed by atoms with Crippen LogP contribution < -0.4 is 20.0 Å². The molecule has 145 heavy (non-hydrogen) atoms. The van der Waals surface area contributed by atoms with E-state index in [1.165, 1.54) is 58.4 Å². The van der Waals surface area contributed by atoms with Crippen LogP contribution in [0.3, 0.4) is 0 Å². The Kier molecular flexibility index (Phi) is 44.3. The Bertz CT molecular complexity index is 6550. The Labute approximate surface area is 904 Å². The maximum absolute atomic E-state index is 13.6. The molecule has 29 nitrogen and oxygen atoms in total. The van der Waals surface area contributed by atoms with Gasteiger partial charge in [-0.15, -0.1) is 25.5 Å². The van der Waals surface area contributed by atoms with Crippen LogP contribution in [0.5, 0.6) is 11.5 Å². The molecule has 3 aromatic heterocycles. The Balaban J connectivity index is 0.000000163. The van der Waals surface area contributed by atoms with Crippen LogP contribution in [-0.4, -0.2) is 214 Å². The molecule has 0 spiro atoms. The molecule has 0 saturated carbocycles. The number of hydrogen-bond acceptors (Lipinski definition) is 22. The molecule has 4 saturated heterocycles. The molecule has 1 radical (unpaired) electrons. The number of amides is 3.